The first-order valence-corrected chi connectivity index (χ1v) is 13.5. The first-order valence-electron chi connectivity index (χ1n) is 12.6. The molecule has 1 aromatic heterocycles. The van der Waals surface area contributed by atoms with Crippen LogP contribution in [-0.2, 0) is 19.1 Å². The van der Waals surface area contributed by atoms with Gasteiger partial charge in [-0.2, -0.15) is 5.26 Å². The average Bonchev–Trinajstić information content (AvgIpc) is 3.35. The molecule has 0 amide bonds. The van der Waals surface area contributed by atoms with Crippen LogP contribution in [0.3, 0.4) is 0 Å². The molecule has 0 radical (unpaired) electrons. The lowest BCUT2D eigenvalue weighted by Gasteiger charge is -2.34. The number of aryl methyl sites for hydroxylation is 1. The Balaban J connectivity index is 1.89. The van der Waals surface area contributed by atoms with Gasteiger partial charge in [0.2, 0.25) is 0 Å². The van der Waals surface area contributed by atoms with Crippen molar-refractivity contribution in [3.63, 3.8) is 0 Å². The number of carbonyl (C=O) groups excluding carboxylic acids is 2. The van der Waals surface area contributed by atoms with Crippen LogP contribution in [0.25, 0.3) is 6.08 Å². The van der Waals surface area contributed by atoms with Crippen LogP contribution in [0.2, 0.25) is 0 Å². The Labute approximate surface area is 217 Å². The zero-order valence-electron chi connectivity index (χ0n) is 22.0. The van der Waals surface area contributed by atoms with Crippen LogP contribution in [-0.4, -0.2) is 57.0 Å². The lowest BCUT2D eigenvalue weighted by Crippen LogP contribution is -2.45. The van der Waals surface area contributed by atoms with E-state index in [9.17, 15) is 25.1 Å². The Morgan fingerprint density at radius 2 is 2.00 bits per heavy atom. The molecule has 2 N–H and O–H groups in total. The maximum atomic E-state index is 13.2. The predicted octanol–water partition coefficient (Wildman–Crippen LogP) is 3.98. The van der Waals surface area contributed by atoms with E-state index < -0.39 is 47.3 Å². The summed E-state index contributed by atoms with van der Waals surface area (Å²) in [6, 6.07) is 2.29. The molecular weight excluding hydrogens is 480 g/mol. The minimum absolute atomic E-state index is 0.179. The highest BCUT2D eigenvalue weighted by Crippen LogP contribution is 2.45. The largest absolute Gasteiger partial charge is 0.458 e. The SMILES string of the molecule is C/C(=C\c1csc(C)n1)[C@@H]1CC2OC2(C#N)CCC[C@H](C)[C@H](O)[C@@H](C)C(=O)C(C)(C)[C@@H](O)CC(=O)O1. The van der Waals surface area contributed by atoms with E-state index in [-0.39, 0.29) is 18.1 Å². The Bertz CT molecular complexity index is 1040. The van der Waals surface area contributed by atoms with Crippen LogP contribution in [0, 0.1) is 35.5 Å². The molecule has 2 saturated heterocycles. The van der Waals surface area contributed by atoms with E-state index >= 15 is 0 Å². The second kappa shape index (κ2) is 11.1. The van der Waals surface area contributed by atoms with E-state index in [1.165, 1.54) is 11.3 Å². The molecular formula is C27H38N2O6S. The zero-order chi connectivity index (χ0) is 26.8. The number of epoxide rings is 1. The van der Waals surface area contributed by atoms with E-state index in [1.807, 2.05) is 32.2 Å². The first-order chi connectivity index (χ1) is 16.8. The number of fused-ring (bicyclic) bond motifs is 1. The monoisotopic (exact) mass is 518 g/mol. The van der Waals surface area contributed by atoms with Crippen LogP contribution in [0.4, 0.5) is 0 Å². The van der Waals surface area contributed by atoms with Gasteiger partial charge >= 0.3 is 5.97 Å². The van der Waals surface area contributed by atoms with Gasteiger partial charge < -0.3 is 19.7 Å². The van der Waals surface area contributed by atoms with Crippen molar-refractivity contribution in [1.29, 1.82) is 5.26 Å². The number of aromatic nitrogens is 1. The van der Waals surface area contributed by atoms with Gasteiger partial charge in [-0.1, -0.05) is 27.7 Å². The lowest BCUT2D eigenvalue weighted by atomic mass is 9.73. The molecule has 9 heteroatoms. The van der Waals surface area contributed by atoms with Crippen LogP contribution in [0.15, 0.2) is 11.0 Å². The maximum absolute atomic E-state index is 13.2. The van der Waals surface area contributed by atoms with Crippen molar-refractivity contribution < 1.29 is 29.3 Å². The molecule has 8 nitrogen and oxygen atoms in total. The molecule has 3 rings (SSSR count). The second-order valence-corrected chi connectivity index (χ2v) is 12.0. The number of aliphatic hydroxyl groups excluding tert-OH is 2. The molecule has 0 bridgehead atoms. The molecule has 0 aromatic carbocycles. The number of carbonyl (C=O) groups is 2. The highest BCUT2D eigenvalue weighted by Gasteiger charge is 2.57. The zero-order valence-corrected chi connectivity index (χ0v) is 22.8. The number of thiazole rings is 1. The summed E-state index contributed by atoms with van der Waals surface area (Å²) in [6.07, 6.45) is 0.311. The number of hydrogen-bond donors (Lipinski definition) is 2. The van der Waals surface area contributed by atoms with Crippen molar-refractivity contribution in [3.8, 4) is 6.07 Å². The minimum Gasteiger partial charge on any atom is -0.458 e. The molecule has 3 heterocycles. The Kier molecular flexibility index (Phi) is 8.77. The molecule has 0 saturated carbocycles. The molecule has 2 aliphatic rings. The molecule has 2 fully saturated rings. The summed E-state index contributed by atoms with van der Waals surface area (Å²) in [4.78, 5) is 30.6. The van der Waals surface area contributed by atoms with Gasteiger partial charge in [-0.25, -0.2) is 4.98 Å². The molecule has 0 spiro atoms. The number of ether oxygens (including phenoxy) is 2. The lowest BCUT2D eigenvalue weighted by molar-refractivity contribution is -0.154. The topological polar surface area (TPSA) is 133 Å². The van der Waals surface area contributed by atoms with Gasteiger partial charge in [0, 0.05) is 17.7 Å². The summed E-state index contributed by atoms with van der Waals surface area (Å²) in [6.45, 7) is 10.5. The summed E-state index contributed by atoms with van der Waals surface area (Å²) < 4.78 is 11.6. The Morgan fingerprint density at radius 1 is 1.31 bits per heavy atom. The first kappa shape index (κ1) is 28.5. The van der Waals surface area contributed by atoms with E-state index in [0.29, 0.717) is 25.7 Å². The van der Waals surface area contributed by atoms with Gasteiger partial charge in [0.05, 0.1) is 34.7 Å². The van der Waals surface area contributed by atoms with Crippen molar-refractivity contribution in [2.75, 3.05) is 0 Å². The number of cyclic esters (lactones) is 1. The third-order valence-corrected chi connectivity index (χ3v) is 8.56. The van der Waals surface area contributed by atoms with Gasteiger partial charge in [0.15, 0.2) is 5.60 Å². The van der Waals surface area contributed by atoms with Crippen LogP contribution in [0.1, 0.15) is 77.4 Å². The van der Waals surface area contributed by atoms with Crippen molar-refractivity contribution >= 4 is 29.2 Å². The van der Waals surface area contributed by atoms with Gasteiger partial charge in [-0.3, -0.25) is 9.59 Å². The fourth-order valence-corrected chi connectivity index (χ4v) is 5.57. The summed E-state index contributed by atoms with van der Waals surface area (Å²) in [5.74, 6) is -1.85. The standard InChI is InChI=1S/C27H38N2O6S/c1-15-8-7-9-27(14-28)22(35-27)11-20(16(2)10-19-13-36-18(4)29-19)34-23(31)12-21(30)26(5,6)25(33)17(3)24(15)32/h10,13,15,17,20-22,24,30,32H,7-9,11-12H2,1-6H3/b16-10+/t15-,17+,20-,21-,22?,24-,27?/m0/s1. The van der Waals surface area contributed by atoms with E-state index in [0.717, 1.165) is 16.3 Å². The molecule has 7 atom stereocenters. The van der Waals surface area contributed by atoms with Gasteiger partial charge in [0.1, 0.15) is 24.1 Å². The van der Waals surface area contributed by atoms with Crippen molar-refractivity contribution in [2.45, 2.75) is 104 Å². The van der Waals surface area contributed by atoms with E-state index in [1.54, 1.807) is 20.8 Å². The van der Waals surface area contributed by atoms with Crippen LogP contribution < -0.4 is 0 Å². The number of ketones is 1. The third-order valence-electron chi connectivity index (χ3n) is 7.77. The second-order valence-electron chi connectivity index (χ2n) is 11.0. The van der Waals surface area contributed by atoms with Gasteiger partial charge in [-0.05, 0) is 50.7 Å². The number of nitrogens with zero attached hydrogens (tertiary/aromatic N) is 2. The number of aliphatic hydroxyl groups is 2. The molecule has 198 valence electrons. The van der Waals surface area contributed by atoms with Crippen LogP contribution in [0.5, 0.6) is 0 Å². The summed E-state index contributed by atoms with van der Waals surface area (Å²) in [7, 11) is 0. The smallest absolute Gasteiger partial charge is 0.309 e. The van der Waals surface area contributed by atoms with Crippen molar-refractivity contribution in [1.82, 2.24) is 4.98 Å². The van der Waals surface area contributed by atoms with Crippen molar-refractivity contribution in [3.05, 3.63) is 21.7 Å². The normalized spacial score (nSPS) is 36.5. The Hall–Kier alpha value is -2.12. The number of rotatable bonds is 2. The summed E-state index contributed by atoms with van der Waals surface area (Å²) in [5, 5.41) is 34.4. The molecule has 1 aromatic rings. The number of esters is 1. The summed E-state index contributed by atoms with van der Waals surface area (Å²) in [5.41, 5.74) is -0.682. The third kappa shape index (κ3) is 6.23. The predicted molar refractivity (Wildman–Crippen MR) is 136 cm³/mol. The average molecular weight is 519 g/mol. The summed E-state index contributed by atoms with van der Waals surface area (Å²) >= 11 is 1.52. The van der Waals surface area contributed by atoms with Crippen LogP contribution >= 0.6 is 11.3 Å². The molecule has 2 unspecified atom stereocenters. The van der Waals surface area contributed by atoms with E-state index in [4.69, 9.17) is 9.47 Å². The van der Waals surface area contributed by atoms with Gasteiger partial charge in [0.25, 0.3) is 0 Å². The minimum atomic E-state index is -1.28. The molecule has 2 aliphatic heterocycles. The highest BCUT2D eigenvalue weighted by molar-refractivity contribution is 7.09. The van der Waals surface area contributed by atoms with E-state index in [2.05, 4.69) is 11.1 Å². The highest BCUT2D eigenvalue weighted by atomic mass is 32.1. The molecule has 36 heavy (non-hydrogen) atoms. The Morgan fingerprint density at radius 3 is 2.61 bits per heavy atom. The number of Topliss-reactive ketones (excluding diaryl/α,β-unsaturated/α-hetero) is 1. The molecule has 0 aliphatic carbocycles. The fraction of sp³-hybridized carbons (Fsp3) is 0.704. The number of hydrogen-bond acceptors (Lipinski definition) is 9. The maximum Gasteiger partial charge on any atom is 0.309 e. The van der Waals surface area contributed by atoms with Gasteiger partial charge in [-0.15, -0.1) is 11.3 Å². The quantitative estimate of drug-likeness (QED) is 0.444. The number of nitriles is 1. The fourth-order valence-electron chi connectivity index (χ4n) is 5.00. The van der Waals surface area contributed by atoms with Crippen molar-refractivity contribution in [2.24, 2.45) is 17.3 Å².